The average Bonchev–Trinajstić information content (AvgIpc) is 2.58. The normalized spacial score (nSPS) is 29.5. The Kier molecular flexibility index (Phi) is 4.55. The molecule has 2 aliphatic heterocycles. The molecule has 2 N–H and O–H groups in total. The summed E-state index contributed by atoms with van der Waals surface area (Å²) in [6.45, 7) is 4.99. The summed E-state index contributed by atoms with van der Waals surface area (Å²) < 4.78 is 5.41. The van der Waals surface area contributed by atoms with E-state index in [9.17, 15) is 9.90 Å². The van der Waals surface area contributed by atoms with Crippen LogP contribution in [0.3, 0.4) is 0 Å². The molecule has 0 radical (unpaired) electrons. The molecule has 3 heterocycles. The predicted octanol–water partition coefficient (Wildman–Crippen LogP) is 1.78. The van der Waals surface area contributed by atoms with Gasteiger partial charge in [0.15, 0.2) is 0 Å². The van der Waals surface area contributed by atoms with Crippen molar-refractivity contribution in [3.8, 4) is 0 Å². The van der Waals surface area contributed by atoms with Gasteiger partial charge in [0.2, 0.25) is 0 Å². The SMILES string of the molecule is C[C@@H]1CN(c2ccnc(C(=O)O)c2)CC[C@@]1(O)C1CCOCC1. The molecule has 2 saturated heterocycles. The molecule has 0 saturated carbocycles. The van der Waals surface area contributed by atoms with Gasteiger partial charge in [-0.05, 0) is 37.3 Å². The number of carbonyl (C=O) groups is 1. The maximum atomic E-state index is 11.2. The Morgan fingerprint density at radius 3 is 2.83 bits per heavy atom. The standard InChI is InChI=1S/C17H24N2O4/c1-12-11-19(14-2-6-18-15(10-14)16(20)21)7-5-17(12,22)13-3-8-23-9-4-13/h2,6,10,12-13,22H,3-5,7-9,11H2,1H3,(H,20,21)/t12-,17+/m1/s1. The van der Waals surface area contributed by atoms with Crippen molar-refractivity contribution in [2.24, 2.45) is 11.8 Å². The molecule has 1 aromatic heterocycles. The van der Waals surface area contributed by atoms with E-state index in [1.165, 1.54) is 6.20 Å². The predicted molar refractivity (Wildman–Crippen MR) is 85.7 cm³/mol. The molecule has 6 nitrogen and oxygen atoms in total. The van der Waals surface area contributed by atoms with Crippen molar-refractivity contribution in [1.82, 2.24) is 4.98 Å². The summed E-state index contributed by atoms with van der Waals surface area (Å²) >= 11 is 0. The van der Waals surface area contributed by atoms with Crippen LogP contribution in [-0.2, 0) is 4.74 Å². The third-order valence-electron chi connectivity index (χ3n) is 5.39. The summed E-state index contributed by atoms with van der Waals surface area (Å²) in [5.41, 5.74) is 0.266. The minimum atomic E-state index is -1.02. The molecule has 126 valence electrons. The number of piperidine rings is 1. The van der Waals surface area contributed by atoms with Crippen molar-refractivity contribution < 1.29 is 19.7 Å². The quantitative estimate of drug-likeness (QED) is 0.883. The molecule has 0 spiro atoms. The Hall–Kier alpha value is -1.66. The Morgan fingerprint density at radius 2 is 2.17 bits per heavy atom. The first kappa shape index (κ1) is 16.2. The third kappa shape index (κ3) is 3.19. The van der Waals surface area contributed by atoms with Gasteiger partial charge in [-0.2, -0.15) is 0 Å². The monoisotopic (exact) mass is 320 g/mol. The molecule has 2 aliphatic rings. The Balaban J connectivity index is 1.73. The zero-order valence-electron chi connectivity index (χ0n) is 13.4. The van der Waals surface area contributed by atoms with Crippen LogP contribution >= 0.6 is 0 Å². The molecule has 23 heavy (non-hydrogen) atoms. The third-order valence-corrected chi connectivity index (χ3v) is 5.39. The second-order valence-corrected chi connectivity index (χ2v) is 6.68. The fourth-order valence-corrected chi connectivity index (χ4v) is 3.91. The number of hydrogen-bond donors (Lipinski definition) is 2. The number of hydrogen-bond acceptors (Lipinski definition) is 5. The van der Waals surface area contributed by atoms with E-state index < -0.39 is 11.6 Å². The van der Waals surface area contributed by atoms with E-state index in [1.54, 1.807) is 6.07 Å². The lowest BCUT2D eigenvalue weighted by Gasteiger charge is -2.49. The van der Waals surface area contributed by atoms with Gasteiger partial charge in [-0.3, -0.25) is 0 Å². The summed E-state index contributed by atoms with van der Waals surface area (Å²) in [5.74, 6) is -0.600. The van der Waals surface area contributed by atoms with E-state index in [1.807, 2.05) is 6.07 Å². The number of aliphatic hydroxyl groups is 1. The highest BCUT2D eigenvalue weighted by atomic mass is 16.5. The van der Waals surface area contributed by atoms with Crippen molar-refractivity contribution in [3.63, 3.8) is 0 Å². The van der Waals surface area contributed by atoms with Crippen molar-refractivity contribution in [1.29, 1.82) is 0 Å². The smallest absolute Gasteiger partial charge is 0.354 e. The van der Waals surface area contributed by atoms with Gasteiger partial charge in [0.1, 0.15) is 5.69 Å². The summed E-state index contributed by atoms with van der Waals surface area (Å²) in [6, 6.07) is 3.44. The number of ether oxygens (including phenoxy) is 1. The maximum Gasteiger partial charge on any atom is 0.354 e. The van der Waals surface area contributed by atoms with Crippen LogP contribution in [0.4, 0.5) is 5.69 Å². The zero-order chi connectivity index (χ0) is 16.4. The van der Waals surface area contributed by atoms with Crippen molar-refractivity contribution in [2.45, 2.75) is 31.8 Å². The molecule has 0 aromatic carbocycles. The van der Waals surface area contributed by atoms with E-state index in [0.29, 0.717) is 12.3 Å². The van der Waals surface area contributed by atoms with Gasteiger partial charge < -0.3 is 19.8 Å². The number of rotatable bonds is 3. The first-order valence-corrected chi connectivity index (χ1v) is 8.25. The van der Waals surface area contributed by atoms with Crippen LogP contribution in [0.25, 0.3) is 0 Å². The molecule has 0 aliphatic carbocycles. The summed E-state index contributed by atoms with van der Waals surface area (Å²) in [7, 11) is 0. The molecule has 3 rings (SSSR count). The Bertz CT molecular complexity index is 573. The van der Waals surface area contributed by atoms with Crippen LogP contribution < -0.4 is 4.90 Å². The summed E-state index contributed by atoms with van der Waals surface area (Å²) in [6.07, 6.45) is 4.06. The van der Waals surface area contributed by atoms with Gasteiger partial charge in [-0.1, -0.05) is 6.92 Å². The Morgan fingerprint density at radius 1 is 1.43 bits per heavy atom. The number of nitrogens with zero attached hydrogens (tertiary/aromatic N) is 2. The van der Waals surface area contributed by atoms with E-state index >= 15 is 0 Å². The fourth-order valence-electron chi connectivity index (χ4n) is 3.91. The second kappa shape index (κ2) is 6.45. The summed E-state index contributed by atoms with van der Waals surface area (Å²) in [5, 5.41) is 20.3. The van der Waals surface area contributed by atoms with Crippen LogP contribution in [0.5, 0.6) is 0 Å². The van der Waals surface area contributed by atoms with Crippen molar-refractivity contribution in [3.05, 3.63) is 24.0 Å². The minimum Gasteiger partial charge on any atom is -0.477 e. The Labute approximate surface area is 136 Å². The van der Waals surface area contributed by atoms with Crippen LogP contribution in [0.1, 0.15) is 36.7 Å². The van der Waals surface area contributed by atoms with Gasteiger partial charge >= 0.3 is 5.97 Å². The van der Waals surface area contributed by atoms with Crippen LogP contribution in [0, 0.1) is 11.8 Å². The number of pyridine rings is 1. The highest BCUT2D eigenvalue weighted by Gasteiger charge is 2.45. The highest BCUT2D eigenvalue weighted by Crippen LogP contribution is 2.40. The highest BCUT2D eigenvalue weighted by molar-refractivity contribution is 5.86. The van der Waals surface area contributed by atoms with E-state index in [4.69, 9.17) is 9.84 Å². The molecule has 1 aromatic rings. The molecule has 0 bridgehead atoms. The summed E-state index contributed by atoms with van der Waals surface area (Å²) in [4.78, 5) is 17.1. The van der Waals surface area contributed by atoms with Gasteiger partial charge in [-0.25, -0.2) is 9.78 Å². The second-order valence-electron chi connectivity index (χ2n) is 6.68. The number of aromatic nitrogens is 1. The van der Waals surface area contributed by atoms with Gasteiger partial charge in [0.25, 0.3) is 0 Å². The average molecular weight is 320 g/mol. The van der Waals surface area contributed by atoms with E-state index in [-0.39, 0.29) is 11.6 Å². The van der Waals surface area contributed by atoms with Crippen molar-refractivity contribution >= 4 is 11.7 Å². The first-order valence-electron chi connectivity index (χ1n) is 8.25. The number of anilines is 1. The van der Waals surface area contributed by atoms with Crippen LogP contribution in [0.15, 0.2) is 18.3 Å². The zero-order valence-corrected chi connectivity index (χ0v) is 13.4. The molecule has 2 atom stereocenters. The molecule has 0 unspecified atom stereocenters. The van der Waals surface area contributed by atoms with E-state index in [2.05, 4.69) is 16.8 Å². The number of carboxylic acids is 1. The topological polar surface area (TPSA) is 82.9 Å². The van der Waals surface area contributed by atoms with Crippen LogP contribution in [0.2, 0.25) is 0 Å². The van der Waals surface area contributed by atoms with Gasteiger partial charge in [-0.15, -0.1) is 0 Å². The largest absolute Gasteiger partial charge is 0.477 e. The lowest BCUT2D eigenvalue weighted by Crippen LogP contribution is -2.56. The van der Waals surface area contributed by atoms with Crippen molar-refractivity contribution in [2.75, 3.05) is 31.2 Å². The maximum absolute atomic E-state index is 11.2. The molecule has 2 fully saturated rings. The molecular weight excluding hydrogens is 296 g/mol. The molecule has 0 amide bonds. The minimum absolute atomic E-state index is 0.0559. The van der Waals surface area contributed by atoms with E-state index in [0.717, 1.165) is 44.8 Å². The number of aromatic carboxylic acids is 1. The number of carboxylic acid groups (broad SMARTS) is 1. The lowest BCUT2D eigenvalue weighted by atomic mass is 9.70. The van der Waals surface area contributed by atoms with Gasteiger partial charge in [0.05, 0.1) is 5.60 Å². The molecular formula is C17H24N2O4. The fraction of sp³-hybridized carbons (Fsp3) is 0.647. The molecule has 6 heteroatoms. The lowest BCUT2D eigenvalue weighted by molar-refractivity contribution is -0.108. The first-order chi connectivity index (χ1) is 11.0. The van der Waals surface area contributed by atoms with Crippen LogP contribution in [-0.4, -0.2) is 53.1 Å². The van der Waals surface area contributed by atoms with Gasteiger partial charge in [0, 0.05) is 44.1 Å².